The molecule has 6 heteroatoms. The van der Waals surface area contributed by atoms with Crippen LogP contribution in [0.3, 0.4) is 0 Å². The van der Waals surface area contributed by atoms with Crippen LogP contribution in [0.2, 0.25) is 5.02 Å². The zero-order valence-electron chi connectivity index (χ0n) is 8.50. The lowest BCUT2D eigenvalue weighted by atomic mass is 10.3. The highest BCUT2D eigenvalue weighted by Crippen LogP contribution is 2.36. The maximum Gasteiger partial charge on any atom is 0.239 e. The van der Waals surface area contributed by atoms with Crippen LogP contribution in [0.4, 0.5) is 11.8 Å². The molecule has 1 aliphatic rings. The summed E-state index contributed by atoms with van der Waals surface area (Å²) >= 11 is 5.96. The first-order valence-corrected chi connectivity index (χ1v) is 5.38. The van der Waals surface area contributed by atoms with E-state index < -0.39 is 0 Å². The third-order valence-corrected chi connectivity index (χ3v) is 2.92. The maximum absolute atomic E-state index is 5.96. The molecule has 0 spiro atoms. The van der Waals surface area contributed by atoms with Crippen LogP contribution in [0.1, 0.15) is 19.8 Å². The lowest BCUT2D eigenvalue weighted by Crippen LogP contribution is -2.13. The number of nitrogens with one attached hydrogen (secondary N) is 2. The van der Waals surface area contributed by atoms with Gasteiger partial charge in [0.25, 0.3) is 0 Å². The Balaban J connectivity index is 2.07. The molecule has 2 rings (SSSR count). The molecule has 0 saturated heterocycles. The highest BCUT2D eigenvalue weighted by atomic mass is 35.5. The minimum absolute atomic E-state index is 0.371. The molecule has 0 amide bonds. The van der Waals surface area contributed by atoms with Gasteiger partial charge in [0.05, 0.1) is 6.20 Å². The summed E-state index contributed by atoms with van der Waals surface area (Å²) in [5.41, 5.74) is 2.39. The first-order chi connectivity index (χ1) is 7.24. The molecule has 0 aliphatic heterocycles. The molecule has 0 radical (unpaired) electrons. The SMILES string of the molecule is CCC1CC1Nc1nc(NN)ncc1Cl. The molecule has 1 aromatic rings. The Labute approximate surface area is 93.4 Å². The minimum atomic E-state index is 0.371. The van der Waals surface area contributed by atoms with Crippen LogP contribution in [0.15, 0.2) is 6.20 Å². The van der Waals surface area contributed by atoms with Crippen molar-refractivity contribution < 1.29 is 0 Å². The zero-order chi connectivity index (χ0) is 10.8. The van der Waals surface area contributed by atoms with Crippen molar-refractivity contribution in [3.05, 3.63) is 11.2 Å². The van der Waals surface area contributed by atoms with E-state index in [1.807, 2.05) is 0 Å². The van der Waals surface area contributed by atoms with Gasteiger partial charge >= 0.3 is 0 Å². The van der Waals surface area contributed by atoms with Gasteiger partial charge in [0.2, 0.25) is 5.95 Å². The monoisotopic (exact) mass is 227 g/mol. The zero-order valence-corrected chi connectivity index (χ0v) is 9.25. The quantitative estimate of drug-likeness (QED) is 0.539. The second-order valence-corrected chi connectivity index (χ2v) is 4.10. The first kappa shape index (κ1) is 10.4. The molecule has 2 atom stereocenters. The Morgan fingerprint density at radius 3 is 3.07 bits per heavy atom. The number of nitrogens with zero attached hydrogens (tertiary/aromatic N) is 2. The number of halogens is 1. The van der Waals surface area contributed by atoms with Crippen molar-refractivity contribution in [1.29, 1.82) is 0 Å². The Bertz CT molecular complexity index is 356. The number of hydrogen-bond donors (Lipinski definition) is 3. The first-order valence-electron chi connectivity index (χ1n) is 5.00. The average Bonchev–Trinajstić information content (AvgIpc) is 3.00. The van der Waals surface area contributed by atoms with Gasteiger partial charge in [-0.05, 0) is 12.3 Å². The summed E-state index contributed by atoms with van der Waals surface area (Å²) in [6.45, 7) is 2.18. The summed E-state index contributed by atoms with van der Waals surface area (Å²) in [6.07, 6.45) is 3.90. The van der Waals surface area contributed by atoms with E-state index in [0.717, 1.165) is 5.92 Å². The molecule has 1 aliphatic carbocycles. The smallest absolute Gasteiger partial charge is 0.239 e. The number of rotatable bonds is 4. The normalized spacial score (nSPS) is 23.7. The topological polar surface area (TPSA) is 75.9 Å². The molecule has 5 nitrogen and oxygen atoms in total. The molecular weight excluding hydrogens is 214 g/mol. The molecule has 1 heterocycles. The minimum Gasteiger partial charge on any atom is -0.366 e. The van der Waals surface area contributed by atoms with Crippen LogP contribution in [-0.4, -0.2) is 16.0 Å². The van der Waals surface area contributed by atoms with E-state index in [1.165, 1.54) is 19.0 Å². The summed E-state index contributed by atoms with van der Waals surface area (Å²) < 4.78 is 0. The Hall–Kier alpha value is -1.07. The van der Waals surface area contributed by atoms with Gasteiger partial charge in [-0.3, -0.25) is 5.43 Å². The number of nitrogens with two attached hydrogens (primary N) is 1. The number of hydrazine groups is 1. The van der Waals surface area contributed by atoms with Crippen LogP contribution >= 0.6 is 11.6 Å². The van der Waals surface area contributed by atoms with Gasteiger partial charge in [0, 0.05) is 6.04 Å². The summed E-state index contributed by atoms with van der Waals surface area (Å²) in [5.74, 6) is 6.99. The van der Waals surface area contributed by atoms with Gasteiger partial charge in [0.15, 0.2) is 5.82 Å². The maximum atomic E-state index is 5.96. The van der Waals surface area contributed by atoms with Crippen molar-refractivity contribution in [2.24, 2.45) is 11.8 Å². The van der Waals surface area contributed by atoms with Crippen molar-refractivity contribution in [3.63, 3.8) is 0 Å². The predicted octanol–water partition coefficient (Wildman–Crippen LogP) is 1.63. The average molecular weight is 228 g/mol. The molecule has 1 aromatic heterocycles. The third kappa shape index (κ3) is 2.30. The Morgan fingerprint density at radius 2 is 2.47 bits per heavy atom. The lowest BCUT2D eigenvalue weighted by molar-refractivity contribution is 0.773. The summed E-state index contributed by atoms with van der Waals surface area (Å²) in [4.78, 5) is 8.05. The van der Waals surface area contributed by atoms with Crippen molar-refractivity contribution in [2.45, 2.75) is 25.8 Å². The number of nitrogen functional groups attached to an aromatic ring is 1. The van der Waals surface area contributed by atoms with E-state index in [-0.39, 0.29) is 0 Å². The van der Waals surface area contributed by atoms with E-state index in [2.05, 4.69) is 27.6 Å². The summed E-state index contributed by atoms with van der Waals surface area (Å²) in [6, 6.07) is 0.494. The summed E-state index contributed by atoms with van der Waals surface area (Å²) in [5, 5.41) is 3.81. The van der Waals surface area contributed by atoms with E-state index in [4.69, 9.17) is 17.4 Å². The number of aromatic nitrogens is 2. The van der Waals surface area contributed by atoms with E-state index in [9.17, 15) is 0 Å². The molecule has 4 N–H and O–H groups in total. The molecule has 2 unspecified atom stereocenters. The van der Waals surface area contributed by atoms with Gasteiger partial charge in [0.1, 0.15) is 5.02 Å². The lowest BCUT2D eigenvalue weighted by Gasteiger charge is -2.07. The Kier molecular flexibility index (Phi) is 2.93. The molecule has 1 saturated carbocycles. The van der Waals surface area contributed by atoms with Crippen molar-refractivity contribution >= 4 is 23.4 Å². The van der Waals surface area contributed by atoms with Gasteiger partial charge in [-0.15, -0.1) is 0 Å². The fourth-order valence-corrected chi connectivity index (χ4v) is 1.73. The van der Waals surface area contributed by atoms with Crippen molar-refractivity contribution in [2.75, 3.05) is 10.7 Å². The number of anilines is 2. The van der Waals surface area contributed by atoms with Crippen molar-refractivity contribution in [1.82, 2.24) is 9.97 Å². The van der Waals surface area contributed by atoms with Gasteiger partial charge < -0.3 is 5.32 Å². The van der Waals surface area contributed by atoms with Crippen LogP contribution in [0, 0.1) is 5.92 Å². The fourth-order valence-electron chi connectivity index (χ4n) is 1.59. The van der Waals surface area contributed by atoms with E-state index in [0.29, 0.717) is 22.8 Å². The fraction of sp³-hybridized carbons (Fsp3) is 0.556. The van der Waals surface area contributed by atoms with Gasteiger partial charge in [-0.25, -0.2) is 10.8 Å². The molecule has 15 heavy (non-hydrogen) atoms. The van der Waals surface area contributed by atoms with Gasteiger partial charge in [-0.1, -0.05) is 24.9 Å². The highest BCUT2D eigenvalue weighted by molar-refractivity contribution is 6.32. The molecule has 1 fully saturated rings. The molecule has 0 bridgehead atoms. The van der Waals surface area contributed by atoms with Crippen LogP contribution in [0.5, 0.6) is 0 Å². The second kappa shape index (κ2) is 4.20. The highest BCUT2D eigenvalue weighted by Gasteiger charge is 2.35. The van der Waals surface area contributed by atoms with Crippen LogP contribution in [-0.2, 0) is 0 Å². The summed E-state index contributed by atoms with van der Waals surface area (Å²) in [7, 11) is 0. The largest absolute Gasteiger partial charge is 0.366 e. The van der Waals surface area contributed by atoms with Crippen molar-refractivity contribution in [3.8, 4) is 0 Å². The molecule has 0 aromatic carbocycles. The van der Waals surface area contributed by atoms with Crippen LogP contribution in [0.25, 0.3) is 0 Å². The second-order valence-electron chi connectivity index (χ2n) is 3.69. The standard InChI is InChI=1S/C9H14ClN5/c1-2-5-3-7(5)13-8-6(10)4-12-9(14-8)15-11/h4-5,7H,2-3,11H2,1H3,(H2,12,13,14,15). The van der Waals surface area contributed by atoms with E-state index >= 15 is 0 Å². The molecular formula is C9H14ClN5. The Morgan fingerprint density at radius 1 is 1.67 bits per heavy atom. The molecule has 82 valence electrons. The third-order valence-electron chi connectivity index (χ3n) is 2.64. The van der Waals surface area contributed by atoms with Gasteiger partial charge in [-0.2, -0.15) is 4.98 Å². The number of hydrogen-bond acceptors (Lipinski definition) is 5. The predicted molar refractivity (Wildman–Crippen MR) is 60.7 cm³/mol. The van der Waals surface area contributed by atoms with E-state index in [1.54, 1.807) is 0 Å². The van der Waals surface area contributed by atoms with Crippen LogP contribution < -0.4 is 16.6 Å².